The molecule has 0 spiro atoms. The second-order valence-corrected chi connectivity index (χ2v) is 2.69. The Kier molecular flexibility index (Phi) is 3.19. The summed E-state index contributed by atoms with van der Waals surface area (Å²) in [4.78, 5) is 10.9. The van der Waals surface area contributed by atoms with Gasteiger partial charge in [0.1, 0.15) is 0 Å². The molecule has 0 aromatic rings. The minimum absolute atomic E-state index is 0.146. The van der Waals surface area contributed by atoms with Crippen LogP contribution in [0.25, 0.3) is 0 Å². The number of rotatable bonds is 3. The molecule has 3 N–H and O–H groups in total. The maximum absolute atomic E-state index is 12.2. The Labute approximate surface area is 65.5 Å². The van der Waals surface area contributed by atoms with Crippen LogP contribution < -0.4 is 11.1 Å². The molecule has 3 nitrogen and oxygen atoms in total. The zero-order valence-electron chi connectivity index (χ0n) is 6.78. The quantitative estimate of drug-likeness (QED) is 0.624. The van der Waals surface area contributed by atoms with Crippen molar-refractivity contribution in [1.82, 2.24) is 5.32 Å². The van der Waals surface area contributed by atoms with Crippen molar-refractivity contribution in [1.29, 1.82) is 0 Å². The fourth-order valence-electron chi connectivity index (χ4n) is 0.764. The van der Waals surface area contributed by atoms with Crippen molar-refractivity contribution in [3.05, 3.63) is 12.4 Å². The summed E-state index contributed by atoms with van der Waals surface area (Å²) in [5.74, 6) is -0.977. The van der Waals surface area contributed by atoms with E-state index in [1.807, 2.05) is 0 Å². The number of nitrogens with two attached hydrogens (primary N) is 1. The van der Waals surface area contributed by atoms with Crippen molar-refractivity contribution in [2.45, 2.75) is 18.9 Å². The van der Waals surface area contributed by atoms with E-state index in [0.717, 1.165) is 0 Å². The summed E-state index contributed by atoms with van der Waals surface area (Å²) in [6.45, 7) is 4.49. The largest absolute Gasteiger partial charge is 0.358 e. The molecular formula is C7H13FN2O. The van der Waals surface area contributed by atoms with Crippen LogP contribution in [0.15, 0.2) is 12.4 Å². The Morgan fingerprint density at radius 3 is 2.55 bits per heavy atom. The fourth-order valence-corrected chi connectivity index (χ4v) is 0.764. The van der Waals surface area contributed by atoms with Crippen LogP contribution >= 0.6 is 0 Å². The molecule has 0 aromatic heterocycles. The van der Waals surface area contributed by atoms with Gasteiger partial charge in [-0.1, -0.05) is 6.58 Å². The monoisotopic (exact) mass is 160 g/mol. The molecule has 0 heterocycles. The third kappa shape index (κ3) is 3.13. The van der Waals surface area contributed by atoms with Crippen LogP contribution in [0.3, 0.4) is 0 Å². The normalized spacial score (nSPS) is 15.3. The van der Waals surface area contributed by atoms with E-state index in [0.29, 0.717) is 0 Å². The first-order valence-corrected chi connectivity index (χ1v) is 3.24. The standard InChI is InChI=1S/C7H13FN2O/c1-5(8)4-7(2,9)6(11)10-3/h1,4,9H2,2-3H3,(H,10,11)/t7-/m0/s1. The van der Waals surface area contributed by atoms with Gasteiger partial charge in [-0.3, -0.25) is 4.79 Å². The third-order valence-electron chi connectivity index (χ3n) is 1.30. The lowest BCUT2D eigenvalue weighted by atomic mass is 9.98. The van der Waals surface area contributed by atoms with Gasteiger partial charge in [-0.15, -0.1) is 0 Å². The van der Waals surface area contributed by atoms with E-state index in [-0.39, 0.29) is 6.42 Å². The van der Waals surface area contributed by atoms with Gasteiger partial charge in [0.15, 0.2) is 0 Å². The van der Waals surface area contributed by atoms with E-state index in [2.05, 4.69) is 11.9 Å². The summed E-state index contributed by atoms with van der Waals surface area (Å²) in [6, 6.07) is 0. The summed E-state index contributed by atoms with van der Waals surface area (Å²) in [5.41, 5.74) is 4.26. The highest BCUT2D eigenvalue weighted by molar-refractivity contribution is 5.85. The molecule has 0 aliphatic carbocycles. The van der Waals surface area contributed by atoms with Gasteiger partial charge in [0.25, 0.3) is 0 Å². The molecule has 4 heteroatoms. The first-order chi connectivity index (χ1) is 4.90. The number of likely N-dealkylation sites (N-methyl/N-ethyl adjacent to an activating group) is 1. The lowest BCUT2D eigenvalue weighted by Gasteiger charge is -2.20. The van der Waals surface area contributed by atoms with E-state index >= 15 is 0 Å². The molecular weight excluding hydrogens is 147 g/mol. The van der Waals surface area contributed by atoms with E-state index < -0.39 is 17.3 Å². The Bertz CT molecular complexity index is 177. The molecule has 1 atom stereocenters. The molecule has 0 fully saturated rings. The Hall–Kier alpha value is -0.900. The van der Waals surface area contributed by atoms with Crippen LogP contribution in [-0.2, 0) is 4.79 Å². The number of hydrogen-bond donors (Lipinski definition) is 2. The van der Waals surface area contributed by atoms with Crippen LogP contribution in [0.5, 0.6) is 0 Å². The summed E-state index contributed by atoms with van der Waals surface area (Å²) >= 11 is 0. The van der Waals surface area contributed by atoms with Gasteiger partial charge >= 0.3 is 0 Å². The van der Waals surface area contributed by atoms with Crippen LogP contribution in [-0.4, -0.2) is 18.5 Å². The SMILES string of the molecule is C=C(F)C[C@](C)(N)C(=O)NC. The lowest BCUT2D eigenvalue weighted by molar-refractivity contribution is -0.125. The van der Waals surface area contributed by atoms with Crippen molar-refractivity contribution in [3.63, 3.8) is 0 Å². The predicted octanol–water partition coefficient (Wildman–Crippen LogP) is 0.323. The smallest absolute Gasteiger partial charge is 0.239 e. The van der Waals surface area contributed by atoms with Crippen molar-refractivity contribution < 1.29 is 9.18 Å². The molecule has 0 saturated carbocycles. The molecule has 0 radical (unpaired) electrons. The summed E-state index contributed by atoms with van der Waals surface area (Å²) in [5, 5.41) is 2.34. The van der Waals surface area contributed by atoms with E-state index in [4.69, 9.17) is 5.73 Å². The van der Waals surface area contributed by atoms with E-state index in [1.165, 1.54) is 14.0 Å². The number of amides is 1. The van der Waals surface area contributed by atoms with Crippen molar-refractivity contribution in [3.8, 4) is 0 Å². The second kappa shape index (κ2) is 3.48. The third-order valence-corrected chi connectivity index (χ3v) is 1.30. The predicted molar refractivity (Wildman–Crippen MR) is 41.5 cm³/mol. The molecule has 64 valence electrons. The minimum Gasteiger partial charge on any atom is -0.358 e. The molecule has 0 bridgehead atoms. The first-order valence-electron chi connectivity index (χ1n) is 3.24. The molecule has 1 amide bonds. The summed E-state index contributed by atoms with van der Waals surface area (Å²) in [7, 11) is 1.45. The van der Waals surface area contributed by atoms with Crippen LogP contribution in [0.2, 0.25) is 0 Å². The van der Waals surface area contributed by atoms with Gasteiger partial charge in [0.2, 0.25) is 5.91 Å². The fraction of sp³-hybridized carbons (Fsp3) is 0.571. The average molecular weight is 160 g/mol. The molecule has 0 aliphatic heterocycles. The van der Waals surface area contributed by atoms with Gasteiger partial charge in [0, 0.05) is 13.5 Å². The number of hydrogen-bond acceptors (Lipinski definition) is 2. The Balaban J connectivity index is 4.21. The van der Waals surface area contributed by atoms with Gasteiger partial charge in [-0.25, -0.2) is 4.39 Å². The molecule has 0 aliphatic rings. The van der Waals surface area contributed by atoms with Crippen LogP contribution in [0, 0.1) is 0 Å². The zero-order valence-corrected chi connectivity index (χ0v) is 6.78. The number of halogens is 1. The van der Waals surface area contributed by atoms with Crippen LogP contribution in [0.1, 0.15) is 13.3 Å². The molecule has 0 rings (SSSR count). The number of carbonyl (C=O) groups excluding carboxylic acids is 1. The molecule has 0 saturated heterocycles. The molecule has 11 heavy (non-hydrogen) atoms. The van der Waals surface area contributed by atoms with E-state index in [1.54, 1.807) is 0 Å². The van der Waals surface area contributed by atoms with Crippen molar-refractivity contribution in [2.24, 2.45) is 5.73 Å². The van der Waals surface area contributed by atoms with Gasteiger partial charge in [0.05, 0.1) is 11.4 Å². The van der Waals surface area contributed by atoms with Crippen molar-refractivity contribution >= 4 is 5.91 Å². The highest BCUT2D eigenvalue weighted by Crippen LogP contribution is 2.12. The maximum atomic E-state index is 12.2. The maximum Gasteiger partial charge on any atom is 0.239 e. The van der Waals surface area contributed by atoms with Gasteiger partial charge in [-0.05, 0) is 6.92 Å². The summed E-state index contributed by atoms with van der Waals surface area (Å²) in [6.07, 6.45) is -0.146. The molecule has 0 unspecified atom stereocenters. The highest BCUT2D eigenvalue weighted by atomic mass is 19.1. The zero-order chi connectivity index (χ0) is 9.07. The minimum atomic E-state index is -1.19. The van der Waals surface area contributed by atoms with Gasteiger partial charge in [-0.2, -0.15) is 0 Å². The Morgan fingerprint density at radius 2 is 2.27 bits per heavy atom. The number of carbonyl (C=O) groups is 1. The van der Waals surface area contributed by atoms with Crippen LogP contribution in [0.4, 0.5) is 4.39 Å². The first kappa shape index (κ1) is 10.1. The van der Waals surface area contributed by atoms with E-state index in [9.17, 15) is 9.18 Å². The molecule has 0 aromatic carbocycles. The lowest BCUT2D eigenvalue weighted by Crippen LogP contribution is -2.50. The van der Waals surface area contributed by atoms with Gasteiger partial charge < -0.3 is 11.1 Å². The van der Waals surface area contributed by atoms with Crippen molar-refractivity contribution in [2.75, 3.05) is 7.05 Å². The number of nitrogens with one attached hydrogen (secondary N) is 1. The Morgan fingerprint density at radius 1 is 1.82 bits per heavy atom. The summed E-state index contributed by atoms with van der Waals surface area (Å²) < 4.78 is 12.2. The second-order valence-electron chi connectivity index (χ2n) is 2.69. The average Bonchev–Trinajstić information content (AvgIpc) is 1.83. The highest BCUT2D eigenvalue weighted by Gasteiger charge is 2.27. The topological polar surface area (TPSA) is 55.1 Å².